The summed E-state index contributed by atoms with van der Waals surface area (Å²) in [6, 6.07) is 5.96. The zero-order chi connectivity index (χ0) is 12.0. The highest BCUT2D eigenvalue weighted by Crippen LogP contribution is 2.23. The van der Waals surface area contributed by atoms with Crippen LogP contribution in [0.15, 0.2) is 18.2 Å². The van der Waals surface area contributed by atoms with Crippen LogP contribution in [0.3, 0.4) is 0 Å². The van der Waals surface area contributed by atoms with Gasteiger partial charge in [-0.2, -0.15) is 0 Å². The molecule has 0 saturated carbocycles. The molecule has 3 heteroatoms. The Labute approximate surface area is 98.0 Å². The third-order valence-corrected chi connectivity index (χ3v) is 2.93. The van der Waals surface area contributed by atoms with Crippen LogP contribution in [0.2, 0.25) is 0 Å². The Balaban J connectivity index is 2.90. The lowest BCUT2D eigenvalue weighted by atomic mass is 10.1. The van der Waals surface area contributed by atoms with E-state index in [9.17, 15) is 0 Å². The quantitative estimate of drug-likeness (QED) is 0.783. The standard InChI is InChI=1S/C13H21NO2/c1-5-14(6-2)10-11-9-12(15-3)7-8-13(11)16-4/h7-9H,5-6,10H2,1-4H3/p+1. The first kappa shape index (κ1) is 12.8. The maximum atomic E-state index is 5.37. The highest BCUT2D eigenvalue weighted by atomic mass is 16.5. The van der Waals surface area contributed by atoms with E-state index in [1.54, 1.807) is 14.2 Å². The van der Waals surface area contributed by atoms with E-state index in [2.05, 4.69) is 19.9 Å². The molecule has 0 fully saturated rings. The fourth-order valence-electron chi connectivity index (χ4n) is 1.79. The SMILES string of the molecule is CC[NH+](CC)Cc1cc(OC)ccc1OC. The van der Waals surface area contributed by atoms with Crippen molar-refractivity contribution in [2.75, 3.05) is 27.3 Å². The number of quaternary nitrogens is 1. The van der Waals surface area contributed by atoms with Crippen LogP contribution in [0.5, 0.6) is 11.5 Å². The van der Waals surface area contributed by atoms with Crippen LogP contribution in [-0.4, -0.2) is 27.3 Å². The summed E-state index contributed by atoms with van der Waals surface area (Å²) in [4.78, 5) is 1.53. The second-order valence-corrected chi connectivity index (χ2v) is 3.81. The summed E-state index contributed by atoms with van der Waals surface area (Å²) < 4.78 is 10.6. The number of ether oxygens (including phenoxy) is 2. The Morgan fingerprint density at radius 3 is 2.25 bits per heavy atom. The van der Waals surface area contributed by atoms with Crippen molar-refractivity contribution < 1.29 is 14.4 Å². The molecule has 0 spiro atoms. The summed E-state index contributed by atoms with van der Waals surface area (Å²) in [5, 5.41) is 0. The molecule has 1 aromatic rings. The Bertz CT molecular complexity index is 322. The maximum Gasteiger partial charge on any atom is 0.127 e. The molecule has 0 atom stereocenters. The first-order chi connectivity index (χ1) is 7.74. The first-order valence-corrected chi connectivity index (χ1v) is 5.79. The molecule has 1 aromatic carbocycles. The summed E-state index contributed by atoms with van der Waals surface area (Å²) >= 11 is 0. The van der Waals surface area contributed by atoms with E-state index in [0.717, 1.165) is 31.1 Å². The van der Waals surface area contributed by atoms with Crippen LogP contribution in [0.1, 0.15) is 19.4 Å². The van der Waals surface area contributed by atoms with Crippen molar-refractivity contribution in [2.45, 2.75) is 20.4 Å². The Kier molecular flexibility index (Phi) is 5.12. The molecule has 0 unspecified atom stereocenters. The molecule has 3 nitrogen and oxygen atoms in total. The van der Waals surface area contributed by atoms with Gasteiger partial charge in [-0.05, 0) is 32.0 Å². The van der Waals surface area contributed by atoms with Gasteiger partial charge in [-0.1, -0.05) is 0 Å². The van der Waals surface area contributed by atoms with Crippen LogP contribution >= 0.6 is 0 Å². The van der Waals surface area contributed by atoms with E-state index in [0.29, 0.717) is 0 Å². The van der Waals surface area contributed by atoms with Crippen molar-refractivity contribution in [1.29, 1.82) is 0 Å². The van der Waals surface area contributed by atoms with Gasteiger partial charge in [0.2, 0.25) is 0 Å². The van der Waals surface area contributed by atoms with Crippen LogP contribution in [0, 0.1) is 0 Å². The maximum absolute atomic E-state index is 5.37. The van der Waals surface area contributed by atoms with Gasteiger partial charge in [-0.15, -0.1) is 0 Å². The fraction of sp³-hybridized carbons (Fsp3) is 0.538. The van der Waals surface area contributed by atoms with Gasteiger partial charge in [0.05, 0.1) is 32.9 Å². The van der Waals surface area contributed by atoms with E-state index in [4.69, 9.17) is 9.47 Å². The highest BCUT2D eigenvalue weighted by Gasteiger charge is 2.10. The normalized spacial score (nSPS) is 10.6. The molecule has 0 saturated heterocycles. The average Bonchev–Trinajstić information content (AvgIpc) is 2.35. The molecule has 1 rings (SSSR count). The van der Waals surface area contributed by atoms with Crippen LogP contribution in [0.25, 0.3) is 0 Å². The second kappa shape index (κ2) is 6.38. The number of benzene rings is 1. The van der Waals surface area contributed by atoms with Gasteiger partial charge in [0.1, 0.15) is 18.0 Å². The van der Waals surface area contributed by atoms with Crippen LogP contribution < -0.4 is 14.4 Å². The largest absolute Gasteiger partial charge is 0.497 e. The summed E-state index contributed by atoms with van der Waals surface area (Å²) in [7, 11) is 3.40. The molecule has 1 N–H and O–H groups in total. The lowest BCUT2D eigenvalue weighted by Gasteiger charge is -2.17. The van der Waals surface area contributed by atoms with Gasteiger partial charge in [0, 0.05) is 0 Å². The zero-order valence-electron chi connectivity index (χ0n) is 10.7. The summed E-state index contributed by atoms with van der Waals surface area (Å²) in [5.74, 6) is 1.84. The number of rotatable bonds is 6. The fourth-order valence-corrected chi connectivity index (χ4v) is 1.79. The molecule has 0 bridgehead atoms. The molecular formula is C13H22NO2+. The Hall–Kier alpha value is -1.22. The number of hydrogen-bond acceptors (Lipinski definition) is 2. The Morgan fingerprint density at radius 2 is 1.75 bits per heavy atom. The molecule has 0 amide bonds. The van der Waals surface area contributed by atoms with Crippen molar-refractivity contribution in [1.82, 2.24) is 0 Å². The molecule has 0 aliphatic rings. The monoisotopic (exact) mass is 224 g/mol. The number of methoxy groups -OCH3 is 2. The lowest BCUT2D eigenvalue weighted by Crippen LogP contribution is -3.10. The summed E-state index contributed by atoms with van der Waals surface area (Å²) in [6.07, 6.45) is 0. The average molecular weight is 224 g/mol. The van der Waals surface area contributed by atoms with Gasteiger partial charge in [-0.3, -0.25) is 0 Å². The predicted molar refractivity (Wildman–Crippen MR) is 65.3 cm³/mol. The number of nitrogens with one attached hydrogen (secondary N) is 1. The van der Waals surface area contributed by atoms with E-state index in [1.165, 1.54) is 10.5 Å². The zero-order valence-corrected chi connectivity index (χ0v) is 10.7. The van der Waals surface area contributed by atoms with Gasteiger partial charge < -0.3 is 14.4 Å². The third kappa shape index (κ3) is 3.14. The molecular weight excluding hydrogens is 202 g/mol. The minimum absolute atomic E-state index is 0.891. The van der Waals surface area contributed by atoms with Crippen LogP contribution in [-0.2, 0) is 6.54 Å². The highest BCUT2D eigenvalue weighted by molar-refractivity contribution is 5.39. The molecule has 90 valence electrons. The van der Waals surface area contributed by atoms with Crippen molar-refractivity contribution in [3.63, 3.8) is 0 Å². The predicted octanol–water partition coefficient (Wildman–Crippen LogP) is 1.13. The molecule has 0 aromatic heterocycles. The van der Waals surface area contributed by atoms with Gasteiger partial charge in [-0.25, -0.2) is 0 Å². The smallest absolute Gasteiger partial charge is 0.127 e. The molecule has 0 heterocycles. The topological polar surface area (TPSA) is 22.9 Å². The van der Waals surface area contributed by atoms with E-state index in [1.807, 2.05) is 12.1 Å². The van der Waals surface area contributed by atoms with Gasteiger partial charge in [0.25, 0.3) is 0 Å². The van der Waals surface area contributed by atoms with Crippen molar-refractivity contribution in [3.8, 4) is 11.5 Å². The molecule has 0 aliphatic carbocycles. The molecule has 0 aliphatic heterocycles. The third-order valence-electron chi connectivity index (χ3n) is 2.93. The van der Waals surface area contributed by atoms with E-state index >= 15 is 0 Å². The molecule has 16 heavy (non-hydrogen) atoms. The summed E-state index contributed by atoms with van der Waals surface area (Å²) in [6.45, 7) is 7.62. The van der Waals surface area contributed by atoms with Crippen molar-refractivity contribution in [2.24, 2.45) is 0 Å². The second-order valence-electron chi connectivity index (χ2n) is 3.81. The number of hydrogen-bond donors (Lipinski definition) is 1. The lowest BCUT2D eigenvalue weighted by molar-refractivity contribution is -0.910. The molecule has 0 radical (unpaired) electrons. The van der Waals surface area contributed by atoms with Crippen molar-refractivity contribution >= 4 is 0 Å². The minimum Gasteiger partial charge on any atom is -0.497 e. The van der Waals surface area contributed by atoms with Gasteiger partial charge in [0.15, 0.2) is 0 Å². The first-order valence-electron chi connectivity index (χ1n) is 5.79. The summed E-state index contributed by atoms with van der Waals surface area (Å²) in [5.41, 5.74) is 1.21. The minimum atomic E-state index is 0.891. The Morgan fingerprint density at radius 1 is 1.06 bits per heavy atom. The van der Waals surface area contributed by atoms with Crippen LogP contribution in [0.4, 0.5) is 0 Å². The van der Waals surface area contributed by atoms with E-state index in [-0.39, 0.29) is 0 Å². The van der Waals surface area contributed by atoms with Crippen molar-refractivity contribution in [3.05, 3.63) is 23.8 Å². The van der Waals surface area contributed by atoms with E-state index < -0.39 is 0 Å². The van der Waals surface area contributed by atoms with Gasteiger partial charge >= 0.3 is 0 Å².